The molecule has 0 bridgehead atoms. The van der Waals surface area contributed by atoms with E-state index in [9.17, 15) is 0 Å². The van der Waals surface area contributed by atoms with Crippen LogP contribution in [0.3, 0.4) is 0 Å². The highest BCUT2D eigenvalue weighted by Gasteiger charge is 2.30. The van der Waals surface area contributed by atoms with Crippen LogP contribution in [0.5, 0.6) is 0 Å². The van der Waals surface area contributed by atoms with E-state index in [0.29, 0.717) is 12.0 Å². The van der Waals surface area contributed by atoms with Crippen molar-refractivity contribution < 1.29 is 0 Å². The average molecular weight is 266 g/mol. The van der Waals surface area contributed by atoms with Gasteiger partial charge >= 0.3 is 0 Å². The van der Waals surface area contributed by atoms with Crippen molar-refractivity contribution in [3.05, 3.63) is 21.9 Å². The predicted molar refractivity (Wildman–Crippen MR) is 79.4 cm³/mol. The summed E-state index contributed by atoms with van der Waals surface area (Å²) in [6.45, 7) is 6.90. The van der Waals surface area contributed by atoms with Crippen LogP contribution in [0.15, 0.2) is 11.4 Å². The molecule has 2 rings (SSSR count). The topological polar surface area (TPSA) is 38.0 Å². The number of aryl methyl sites for hydroxylation is 1. The number of rotatable bonds is 4. The van der Waals surface area contributed by atoms with E-state index in [1.165, 1.54) is 36.1 Å². The van der Waals surface area contributed by atoms with Crippen molar-refractivity contribution in [1.29, 1.82) is 0 Å². The third kappa shape index (κ3) is 2.95. The van der Waals surface area contributed by atoms with Crippen molar-refractivity contribution in [2.24, 2.45) is 23.6 Å². The predicted octanol–water partition coefficient (Wildman–Crippen LogP) is 4.02. The standard InChI is InChI=1S/C15H26N2S/c1-10(2)12-4-6-13(7-5-12)14(17-16)15-11(3)8-9-18-15/h8-10,12-14,17H,4-7,16H2,1-3H3. The third-order valence-electron chi connectivity index (χ3n) is 4.59. The number of hydrazine groups is 1. The Kier molecular flexibility index (Phi) is 4.82. The summed E-state index contributed by atoms with van der Waals surface area (Å²) in [5.41, 5.74) is 4.45. The van der Waals surface area contributed by atoms with E-state index >= 15 is 0 Å². The van der Waals surface area contributed by atoms with Crippen molar-refractivity contribution in [3.63, 3.8) is 0 Å². The molecule has 18 heavy (non-hydrogen) atoms. The zero-order chi connectivity index (χ0) is 13.1. The maximum absolute atomic E-state index is 5.81. The Hall–Kier alpha value is -0.380. The molecule has 0 aliphatic heterocycles. The van der Waals surface area contributed by atoms with Gasteiger partial charge in [-0.15, -0.1) is 11.3 Å². The van der Waals surface area contributed by atoms with Gasteiger partial charge in [0.05, 0.1) is 6.04 Å². The van der Waals surface area contributed by atoms with Crippen LogP contribution in [0, 0.1) is 24.7 Å². The fraction of sp³-hybridized carbons (Fsp3) is 0.733. The monoisotopic (exact) mass is 266 g/mol. The number of hydrogen-bond donors (Lipinski definition) is 2. The molecule has 0 spiro atoms. The number of nitrogens with two attached hydrogens (primary N) is 1. The van der Waals surface area contributed by atoms with Gasteiger partial charge in [0.1, 0.15) is 0 Å². The van der Waals surface area contributed by atoms with Gasteiger partial charge in [0.25, 0.3) is 0 Å². The molecule has 1 aliphatic carbocycles. The average Bonchev–Trinajstić information content (AvgIpc) is 2.78. The molecule has 1 atom stereocenters. The SMILES string of the molecule is Cc1ccsc1C(NN)C1CCC(C(C)C)CC1. The van der Waals surface area contributed by atoms with Crippen LogP contribution in [0.25, 0.3) is 0 Å². The lowest BCUT2D eigenvalue weighted by molar-refractivity contribution is 0.190. The normalized spacial score (nSPS) is 26.5. The molecular weight excluding hydrogens is 240 g/mol. The molecule has 2 nitrogen and oxygen atoms in total. The molecule has 3 N–H and O–H groups in total. The molecule has 3 heteroatoms. The lowest BCUT2D eigenvalue weighted by atomic mass is 9.74. The van der Waals surface area contributed by atoms with Crippen molar-refractivity contribution in [3.8, 4) is 0 Å². The summed E-state index contributed by atoms with van der Waals surface area (Å²) in [5.74, 6) is 8.28. The van der Waals surface area contributed by atoms with Gasteiger partial charge in [-0.05, 0) is 67.4 Å². The van der Waals surface area contributed by atoms with Gasteiger partial charge in [-0.3, -0.25) is 11.3 Å². The number of hydrogen-bond acceptors (Lipinski definition) is 3. The number of nitrogens with one attached hydrogen (secondary N) is 1. The Morgan fingerprint density at radius 3 is 2.28 bits per heavy atom. The molecular formula is C15H26N2S. The molecule has 1 aromatic heterocycles. The molecule has 0 saturated heterocycles. The van der Waals surface area contributed by atoms with Crippen molar-refractivity contribution in [1.82, 2.24) is 5.43 Å². The molecule has 1 heterocycles. The van der Waals surface area contributed by atoms with Gasteiger partial charge in [-0.25, -0.2) is 0 Å². The third-order valence-corrected chi connectivity index (χ3v) is 5.70. The first-order valence-corrected chi connectivity index (χ1v) is 8.01. The zero-order valence-corrected chi connectivity index (χ0v) is 12.6. The summed E-state index contributed by atoms with van der Waals surface area (Å²) < 4.78 is 0. The summed E-state index contributed by atoms with van der Waals surface area (Å²) in [6.07, 6.45) is 5.36. The summed E-state index contributed by atoms with van der Waals surface area (Å²) in [5, 5.41) is 2.18. The summed E-state index contributed by atoms with van der Waals surface area (Å²) in [6, 6.07) is 2.56. The fourth-order valence-electron chi connectivity index (χ4n) is 3.27. The van der Waals surface area contributed by atoms with E-state index in [2.05, 4.69) is 37.6 Å². The highest BCUT2D eigenvalue weighted by Crippen LogP contribution is 2.40. The first-order chi connectivity index (χ1) is 8.63. The first kappa shape index (κ1) is 14.0. The van der Waals surface area contributed by atoms with Gasteiger partial charge in [0.2, 0.25) is 0 Å². The highest BCUT2D eigenvalue weighted by atomic mass is 32.1. The van der Waals surface area contributed by atoms with Crippen molar-refractivity contribution in [2.45, 2.75) is 52.5 Å². The van der Waals surface area contributed by atoms with E-state index in [-0.39, 0.29) is 0 Å². The van der Waals surface area contributed by atoms with Gasteiger partial charge in [0.15, 0.2) is 0 Å². The molecule has 1 saturated carbocycles. The van der Waals surface area contributed by atoms with E-state index in [0.717, 1.165) is 11.8 Å². The Morgan fingerprint density at radius 2 is 1.83 bits per heavy atom. The van der Waals surface area contributed by atoms with Crippen LogP contribution in [-0.4, -0.2) is 0 Å². The molecule has 1 unspecified atom stereocenters. The molecule has 102 valence electrons. The Bertz CT molecular complexity index is 364. The Labute approximate surface area is 115 Å². The van der Waals surface area contributed by atoms with Crippen LogP contribution in [0.4, 0.5) is 0 Å². The first-order valence-electron chi connectivity index (χ1n) is 7.13. The second-order valence-electron chi connectivity index (χ2n) is 6.03. The summed E-state index contributed by atoms with van der Waals surface area (Å²) >= 11 is 1.84. The van der Waals surface area contributed by atoms with Crippen molar-refractivity contribution >= 4 is 11.3 Å². The minimum atomic E-state index is 0.359. The minimum absolute atomic E-state index is 0.359. The molecule has 1 fully saturated rings. The van der Waals surface area contributed by atoms with Crippen LogP contribution >= 0.6 is 11.3 Å². The Morgan fingerprint density at radius 1 is 1.22 bits per heavy atom. The lowest BCUT2D eigenvalue weighted by Crippen LogP contribution is -2.35. The highest BCUT2D eigenvalue weighted by molar-refractivity contribution is 7.10. The second kappa shape index (κ2) is 6.18. The van der Waals surface area contributed by atoms with Gasteiger partial charge in [-0.2, -0.15) is 0 Å². The smallest absolute Gasteiger partial charge is 0.0584 e. The maximum Gasteiger partial charge on any atom is 0.0584 e. The zero-order valence-electron chi connectivity index (χ0n) is 11.8. The Balaban J connectivity index is 2.01. The largest absolute Gasteiger partial charge is 0.271 e. The van der Waals surface area contributed by atoms with E-state index < -0.39 is 0 Å². The van der Waals surface area contributed by atoms with Gasteiger partial charge in [0, 0.05) is 4.88 Å². The summed E-state index contributed by atoms with van der Waals surface area (Å²) in [4.78, 5) is 1.44. The van der Waals surface area contributed by atoms with Gasteiger partial charge in [-0.1, -0.05) is 13.8 Å². The van der Waals surface area contributed by atoms with Crippen molar-refractivity contribution in [2.75, 3.05) is 0 Å². The van der Waals surface area contributed by atoms with Gasteiger partial charge < -0.3 is 0 Å². The molecule has 0 radical (unpaired) electrons. The van der Waals surface area contributed by atoms with E-state index in [1.807, 2.05) is 11.3 Å². The second-order valence-corrected chi connectivity index (χ2v) is 6.98. The molecule has 1 aromatic rings. The van der Waals surface area contributed by atoms with Crippen LogP contribution in [0.2, 0.25) is 0 Å². The minimum Gasteiger partial charge on any atom is -0.271 e. The fourth-order valence-corrected chi connectivity index (χ4v) is 4.35. The van der Waals surface area contributed by atoms with E-state index in [1.54, 1.807) is 0 Å². The van der Waals surface area contributed by atoms with Crippen LogP contribution in [0.1, 0.15) is 56.0 Å². The molecule has 1 aliphatic rings. The molecule has 0 aromatic carbocycles. The van der Waals surface area contributed by atoms with Crippen LogP contribution < -0.4 is 11.3 Å². The molecule has 0 amide bonds. The van der Waals surface area contributed by atoms with Crippen LogP contribution in [-0.2, 0) is 0 Å². The lowest BCUT2D eigenvalue weighted by Gasteiger charge is -2.35. The number of thiophene rings is 1. The maximum atomic E-state index is 5.81. The van der Waals surface area contributed by atoms with E-state index in [4.69, 9.17) is 5.84 Å². The summed E-state index contributed by atoms with van der Waals surface area (Å²) in [7, 11) is 0. The quantitative estimate of drug-likeness (QED) is 0.638.